The van der Waals surface area contributed by atoms with Crippen LogP contribution in [0.4, 0.5) is 0 Å². The Bertz CT molecular complexity index is 291. The lowest BCUT2D eigenvalue weighted by atomic mass is 10.0. The standard InChI is InChI=1S/C9H12O3/c1-6-4-5-7(12-6)8(10)9(2,3)11/h4-5,11H,1-3H3. The van der Waals surface area contributed by atoms with Crippen LogP contribution in [0.5, 0.6) is 0 Å². The van der Waals surface area contributed by atoms with Gasteiger partial charge in [0, 0.05) is 0 Å². The number of carbonyl (C=O) groups is 1. The van der Waals surface area contributed by atoms with Crippen molar-refractivity contribution >= 4 is 5.78 Å². The molecule has 0 amide bonds. The van der Waals surface area contributed by atoms with E-state index in [-0.39, 0.29) is 5.76 Å². The normalized spacial score (nSPS) is 11.7. The number of furan rings is 1. The largest absolute Gasteiger partial charge is 0.458 e. The first kappa shape index (κ1) is 9.00. The molecule has 1 aromatic heterocycles. The molecule has 0 atom stereocenters. The van der Waals surface area contributed by atoms with Gasteiger partial charge in [0.25, 0.3) is 0 Å². The molecule has 0 aliphatic heterocycles. The van der Waals surface area contributed by atoms with Gasteiger partial charge in [-0.05, 0) is 32.9 Å². The first-order valence-electron chi connectivity index (χ1n) is 3.75. The van der Waals surface area contributed by atoms with Crippen LogP contribution >= 0.6 is 0 Å². The molecule has 0 saturated carbocycles. The Balaban J connectivity index is 2.93. The average molecular weight is 168 g/mol. The van der Waals surface area contributed by atoms with Crippen LogP contribution in [0.3, 0.4) is 0 Å². The van der Waals surface area contributed by atoms with E-state index in [2.05, 4.69) is 0 Å². The molecule has 3 heteroatoms. The van der Waals surface area contributed by atoms with E-state index >= 15 is 0 Å². The number of ketones is 1. The van der Waals surface area contributed by atoms with Gasteiger partial charge in [-0.25, -0.2) is 0 Å². The maximum absolute atomic E-state index is 11.3. The molecule has 0 aromatic carbocycles. The Morgan fingerprint density at radius 1 is 1.50 bits per heavy atom. The van der Waals surface area contributed by atoms with E-state index in [1.165, 1.54) is 13.8 Å². The van der Waals surface area contributed by atoms with Crippen LogP contribution in [0.25, 0.3) is 0 Å². The van der Waals surface area contributed by atoms with E-state index in [9.17, 15) is 9.90 Å². The molecule has 0 radical (unpaired) electrons. The van der Waals surface area contributed by atoms with Gasteiger partial charge in [0.2, 0.25) is 5.78 Å². The second-order valence-electron chi connectivity index (χ2n) is 3.30. The van der Waals surface area contributed by atoms with Crippen LogP contribution in [-0.4, -0.2) is 16.5 Å². The Morgan fingerprint density at radius 2 is 2.08 bits per heavy atom. The number of hydrogen-bond acceptors (Lipinski definition) is 3. The predicted octanol–water partition coefficient (Wildman–Crippen LogP) is 1.54. The molecule has 1 aromatic rings. The molecule has 0 bridgehead atoms. The fourth-order valence-corrected chi connectivity index (χ4v) is 0.858. The number of aryl methyl sites for hydroxylation is 1. The van der Waals surface area contributed by atoms with Gasteiger partial charge in [-0.1, -0.05) is 0 Å². The maximum atomic E-state index is 11.3. The molecule has 0 fully saturated rings. The lowest BCUT2D eigenvalue weighted by molar-refractivity contribution is 0.0458. The van der Waals surface area contributed by atoms with E-state index in [1.807, 2.05) is 0 Å². The molecular formula is C9H12O3. The predicted molar refractivity (Wildman–Crippen MR) is 44.1 cm³/mol. The van der Waals surface area contributed by atoms with Crippen LogP contribution in [0.1, 0.15) is 30.2 Å². The summed E-state index contributed by atoms with van der Waals surface area (Å²) >= 11 is 0. The molecule has 0 unspecified atom stereocenters. The van der Waals surface area contributed by atoms with Crippen molar-refractivity contribution in [2.24, 2.45) is 0 Å². The number of rotatable bonds is 2. The van der Waals surface area contributed by atoms with Crippen molar-refractivity contribution in [2.45, 2.75) is 26.4 Å². The van der Waals surface area contributed by atoms with Crippen LogP contribution in [0.15, 0.2) is 16.5 Å². The van der Waals surface area contributed by atoms with Crippen molar-refractivity contribution in [3.8, 4) is 0 Å². The summed E-state index contributed by atoms with van der Waals surface area (Å²) in [6.07, 6.45) is 0. The first-order valence-corrected chi connectivity index (χ1v) is 3.75. The van der Waals surface area contributed by atoms with Gasteiger partial charge >= 0.3 is 0 Å². The number of hydrogen-bond donors (Lipinski definition) is 1. The van der Waals surface area contributed by atoms with Gasteiger partial charge in [0.15, 0.2) is 5.76 Å². The van der Waals surface area contributed by atoms with E-state index in [0.717, 1.165) is 0 Å². The molecule has 1 rings (SSSR count). The number of aliphatic hydroxyl groups is 1. The Hall–Kier alpha value is -1.09. The van der Waals surface area contributed by atoms with E-state index < -0.39 is 11.4 Å². The van der Waals surface area contributed by atoms with Crippen molar-refractivity contribution in [1.82, 2.24) is 0 Å². The summed E-state index contributed by atoms with van der Waals surface area (Å²) in [5.41, 5.74) is -1.36. The molecule has 0 aliphatic rings. The smallest absolute Gasteiger partial charge is 0.228 e. The molecule has 0 spiro atoms. The highest BCUT2D eigenvalue weighted by Gasteiger charge is 2.27. The van der Waals surface area contributed by atoms with Crippen molar-refractivity contribution in [3.63, 3.8) is 0 Å². The molecule has 0 saturated heterocycles. The highest BCUT2D eigenvalue weighted by atomic mass is 16.4. The fourth-order valence-electron chi connectivity index (χ4n) is 0.858. The zero-order valence-corrected chi connectivity index (χ0v) is 7.42. The number of Topliss-reactive ketones (excluding diaryl/α,β-unsaturated/α-hetero) is 1. The van der Waals surface area contributed by atoms with Gasteiger partial charge in [0.1, 0.15) is 11.4 Å². The third kappa shape index (κ3) is 1.74. The summed E-state index contributed by atoms with van der Waals surface area (Å²) in [5, 5.41) is 9.34. The number of carbonyl (C=O) groups excluding carboxylic acids is 1. The van der Waals surface area contributed by atoms with Crippen LogP contribution in [0.2, 0.25) is 0 Å². The van der Waals surface area contributed by atoms with Gasteiger partial charge in [-0.2, -0.15) is 0 Å². The second-order valence-corrected chi connectivity index (χ2v) is 3.30. The van der Waals surface area contributed by atoms with Gasteiger partial charge in [0.05, 0.1) is 0 Å². The summed E-state index contributed by atoms with van der Waals surface area (Å²) in [6, 6.07) is 3.26. The quantitative estimate of drug-likeness (QED) is 0.681. The summed E-state index contributed by atoms with van der Waals surface area (Å²) < 4.78 is 5.06. The molecular weight excluding hydrogens is 156 g/mol. The van der Waals surface area contributed by atoms with Crippen molar-refractivity contribution in [2.75, 3.05) is 0 Å². The van der Waals surface area contributed by atoms with Crippen LogP contribution < -0.4 is 0 Å². The minimum atomic E-state index is -1.36. The molecule has 1 N–H and O–H groups in total. The van der Waals surface area contributed by atoms with Crippen LogP contribution in [-0.2, 0) is 0 Å². The fraction of sp³-hybridized carbons (Fsp3) is 0.444. The molecule has 3 nitrogen and oxygen atoms in total. The monoisotopic (exact) mass is 168 g/mol. The van der Waals surface area contributed by atoms with Crippen molar-refractivity contribution in [3.05, 3.63) is 23.7 Å². The highest BCUT2D eigenvalue weighted by molar-refractivity contribution is 5.99. The minimum absolute atomic E-state index is 0.208. The average Bonchev–Trinajstić information content (AvgIpc) is 2.32. The summed E-state index contributed by atoms with van der Waals surface area (Å²) in [6.45, 7) is 4.63. The second kappa shape index (κ2) is 2.75. The zero-order valence-electron chi connectivity index (χ0n) is 7.42. The molecule has 12 heavy (non-hydrogen) atoms. The summed E-state index contributed by atoms with van der Waals surface area (Å²) in [5.74, 6) is 0.484. The van der Waals surface area contributed by atoms with E-state index in [1.54, 1.807) is 19.1 Å². The minimum Gasteiger partial charge on any atom is -0.458 e. The van der Waals surface area contributed by atoms with E-state index in [4.69, 9.17) is 4.42 Å². The topological polar surface area (TPSA) is 50.4 Å². The van der Waals surface area contributed by atoms with Crippen molar-refractivity contribution in [1.29, 1.82) is 0 Å². The maximum Gasteiger partial charge on any atom is 0.228 e. The lowest BCUT2D eigenvalue weighted by Gasteiger charge is -2.12. The summed E-state index contributed by atoms with van der Waals surface area (Å²) in [4.78, 5) is 11.3. The first-order chi connectivity index (χ1) is 5.41. The third-order valence-electron chi connectivity index (χ3n) is 1.52. The Labute approximate surface area is 71.0 Å². The molecule has 66 valence electrons. The lowest BCUT2D eigenvalue weighted by Crippen LogP contribution is -2.30. The van der Waals surface area contributed by atoms with Crippen molar-refractivity contribution < 1.29 is 14.3 Å². The summed E-state index contributed by atoms with van der Waals surface area (Å²) in [7, 11) is 0. The third-order valence-corrected chi connectivity index (χ3v) is 1.52. The SMILES string of the molecule is Cc1ccc(C(=O)C(C)(C)O)o1. The molecule has 1 heterocycles. The van der Waals surface area contributed by atoms with Gasteiger partial charge < -0.3 is 9.52 Å². The Kier molecular flexibility index (Phi) is 2.06. The molecule has 0 aliphatic carbocycles. The Morgan fingerprint density at radius 3 is 2.42 bits per heavy atom. The van der Waals surface area contributed by atoms with Crippen LogP contribution in [0, 0.1) is 6.92 Å². The zero-order chi connectivity index (χ0) is 9.35. The highest BCUT2D eigenvalue weighted by Crippen LogP contribution is 2.14. The van der Waals surface area contributed by atoms with Gasteiger partial charge in [-0.3, -0.25) is 4.79 Å². The van der Waals surface area contributed by atoms with Gasteiger partial charge in [-0.15, -0.1) is 0 Å². The van der Waals surface area contributed by atoms with E-state index in [0.29, 0.717) is 5.76 Å².